The molecule has 1 N–H and O–H groups in total. The van der Waals surface area contributed by atoms with Crippen molar-refractivity contribution < 1.29 is 0 Å². The summed E-state index contributed by atoms with van der Waals surface area (Å²) < 4.78 is 0. The number of benzene rings is 1. The highest BCUT2D eigenvalue weighted by Crippen LogP contribution is 2.20. The van der Waals surface area contributed by atoms with Crippen LogP contribution in [0.25, 0.3) is 0 Å². The lowest BCUT2D eigenvalue weighted by Gasteiger charge is -2.15. The van der Waals surface area contributed by atoms with Crippen molar-refractivity contribution in [2.75, 3.05) is 6.54 Å². The van der Waals surface area contributed by atoms with Gasteiger partial charge in [-0.3, -0.25) is 0 Å². The minimum atomic E-state index is 0.464. The van der Waals surface area contributed by atoms with E-state index in [1.165, 1.54) is 24.8 Å². The molecule has 0 heterocycles. The molecule has 1 unspecified atom stereocenters. The van der Waals surface area contributed by atoms with Crippen LogP contribution < -0.4 is 5.32 Å². The summed E-state index contributed by atoms with van der Waals surface area (Å²) in [6.07, 6.45) is 8.58. The lowest BCUT2D eigenvalue weighted by Crippen LogP contribution is -2.21. The minimum absolute atomic E-state index is 0.464. The summed E-state index contributed by atoms with van der Waals surface area (Å²) >= 11 is 0. The van der Waals surface area contributed by atoms with Gasteiger partial charge in [0.15, 0.2) is 0 Å². The predicted molar refractivity (Wildman–Crippen MR) is 69.3 cm³/mol. The zero-order valence-corrected chi connectivity index (χ0v) is 10.0. The first-order chi connectivity index (χ1) is 7.86. The van der Waals surface area contributed by atoms with Gasteiger partial charge in [-0.05, 0) is 44.2 Å². The smallest absolute Gasteiger partial charge is 0.0291 e. The Morgan fingerprint density at radius 1 is 1.31 bits per heavy atom. The van der Waals surface area contributed by atoms with Crippen LogP contribution in [-0.2, 0) is 0 Å². The van der Waals surface area contributed by atoms with Gasteiger partial charge in [0, 0.05) is 6.04 Å². The van der Waals surface area contributed by atoms with Crippen LogP contribution in [0.5, 0.6) is 0 Å². The van der Waals surface area contributed by atoms with Crippen LogP contribution in [0.4, 0.5) is 0 Å². The molecule has 0 saturated heterocycles. The molecular weight excluding hydrogens is 194 g/mol. The van der Waals surface area contributed by atoms with E-state index in [4.69, 9.17) is 0 Å². The molecule has 0 fully saturated rings. The monoisotopic (exact) mass is 215 g/mol. The Morgan fingerprint density at radius 3 is 2.81 bits per heavy atom. The Kier molecular flexibility index (Phi) is 4.17. The summed E-state index contributed by atoms with van der Waals surface area (Å²) in [6.45, 7) is 3.35. The highest BCUT2D eigenvalue weighted by Gasteiger charge is 2.09. The van der Waals surface area contributed by atoms with E-state index in [-0.39, 0.29) is 0 Å². The zero-order chi connectivity index (χ0) is 11.2. The van der Waals surface area contributed by atoms with Gasteiger partial charge in [-0.1, -0.05) is 42.5 Å². The summed E-state index contributed by atoms with van der Waals surface area (Å²) in [6, 6.07) is 11.1. The van der Waals surface area contributed by atoms with E-state index in [1.54, 1.807) is 0 Å². The molecule has 0 saturated carbocycles. The van der Waals surface area contributed by atoms with E-state index in [0.717, 1.165) is 12.5 Å². The van der Waals surface area contributed by atoms with Crippen molar-refractivity contribution in [3.05, 3.63) is 48.0 Å². The quantitative estimate of drug-likeness (QED) is 0.739. The fraction of sp³-hybridized carbons (Fsp3) is 0.467. The molecule has 1 aliphatic carbocycles. The Labute approximate surface area is 98.6 Å². The summed E-state index contributed by atoms with van der Waals surface area (Å²) in [5, 5.41) is 3.59. The molecule has 0 aliphatic heterocycles. The van der Waals surface area contributed by atoms with Gasteiger partial charge in [-0.25, -0.2) is 0 Å². The molecule has 0 aromatic heterocycles. The predicted octanol–water partition coefficient (Wildman–Crippen LogP) is 3.69. The molecule has 0 spiro atoms. The van der Waals surface area contributed by atoms with Crippen LogP contribution in [0, 0.1) is 5.92 Å². The molecular formula is C15H21N. The highest BCUT2D eigenvalue weighted by molar-refractivity contribution is 5.17. The molecule has 1 aromatic carbocycles. The maximum atomic E-state index is 3.59. The summed E-state index contributed by atoms with van der Waals surface area (Å²) in [4.78, 5) is 0. The maximum absolute atomic E-state index is 3.59. The van der Waals surface area contributed by atoms with Crippen molar-refractivity contribution in [3.8, 4) is 0 Å². The van der Waals surface area contributed by atoms with Crippen LogP contribution >= 0.6 is 0 Å². The molecule has 0 radical (unpaired) electrons. The van der Waals surface area contributed by atoms with Crippen molar-refractivity contribution >= 4 is 0 Å². The molecule has 1 nitrogen and oxygen atoms in total. The van der Waals surface area contributed by atoms with Crippen molar-refractivity contribution in [3.63, 3.8) is 0 Å². The number of hydrogen-bond donors (Lipinski definition) is 1. The normalized spacial score (nSPS) is 21.2. The van der Waals surface area contributed by atoms with Crippen molar-refractivity contribution in [2.45, 2.75) is 32.2 Å². The summed E-state index contributed by atoms with van der Waals surface area (Å²) in [5.41, 5.74) is 1.38. The number of rotatable bonds is 5. The molecule has 86 valence electrons. The van der Waals surface area contributed by atoms with Crippen molar-refractivity contribution in [1.82, 2.24) is 5.32 Å². The first-order valence-electron chi connectivity index (χ1n) is 6.31. The SMILES string of the molecule is C[C@@H](NCCC1C=CCC1)c1ccccc1. The van der Waals surface area contributed by atoms with Crippen LogP contribution in [0.2, 0.25) is 0 Å². The minimum Gasteiger partial charge on any atom is -0.310 e. The van der Waals surface area contributed by atoms with Crippen LogP contribution in [0.1, 0.15) is 37.8 Å². The second-order valence-corrected chi connectivity index (χ2v) is 4.64. The van der Waals surface area contributed by atoms with Crippen molar-refractivity contribution in [1.29, 1.82) is 0 Å². The number of hydrogen-bond acceptors (Lipinski definition) is 1. The van der Waals surface area contributed by atoms with Crippen molar-refractivity contribution in [2.24, 2.45) is 5.92 Å². The summed E-state index contributed by atoms with van der Waals surface area (Å²) in [5.74, 6) is 0.815. The van der Waals surface area contributed by atoms with Gasteiger partial charge in [0.05, 0.1) is 0 Å². The largest absolute Gasteiger partial charge is 0.310 e. The van der Waals surface area contributed by atoms with Crippen LogP contribution in [0.15, 0.2) is 42.5 Å². The van der Waals surface area contributed by atoms with E-state index in [0.29, 0.717) is 6.04 Å². The molecule has 0 bridgehead atoms. The third-order valence-corrected chi connectivity index (χ3v) is 3.38. The van der Waals surface area contributed by atoms with E-state index in [9.17, 15) is 0 Å². The third kappa shape index (κ3) is 3.21. The lowest BCUT2D eigenvalue weighted by molar-refractivity contribution is 0.497. The van der Waals surface area contributed by atoms with Gasteiger partial charge in [0.2, 0.25) is 0 Å². The molecule has 1 aromatic rings. The molecule has 2 rings (SSSR count). The Hall–Kier alpha value is -1.08. The van der Waals surface area contributed by atoms with Gasteiger partial charge in [0.25, 0.3) is 0 Å². The average Bonchev–Trinajstić information content (AvgIpc) is 2.83. The van der Waals surface area contributed by atoms with Gasteiger partial charge >= 0.3 is 0 Å². The molecule has 2 atom stereocenters. The fourth-order valence-electron chi connectivity index (χ4n) is 2.28. The topological polar surface area (TPSA) is 12.0 Å². The Bertz CT molecular complexity index is 329. The van der Waals surface area contributed by atoms with E-state index in [1.807, 2.05) is 0 Å². The van der Waals surface area contributed by atoms with Gasteiger partial charge < -0.3 is 5.32 Å². The highest BCUT2D eigenvalue weighted by atomic mass is 14.9. The zero-order valence-electron chi connectivity index (χ0n) is 10.0. The van der Waals surface area contributed by atoms with E-state index >= 15 is 0 Å². The first kappa shape index (κ1) is 11.4. The molecule has 16 heavy (non-hydrogen) atoms. The second kappa shape index (κ2) is 5.86. The molecule has 1 heteroatoms. The van der Waals surface area contributed by atoms with Crippen LogP contribution in [0.3, 0.4) is 0 Å². The third-order valence-electron chi connectivity index (χ3n) is 3.38. The molecule has 0 amide bonds. The fourth-order valence-corrected chi connectivity index (χ4v) is 2.28. The van der Waals surface area contributed by atoms with Gasteiger partial charge in [-0.2, -0.15) is 0 Å². The van der Waals surface area contributed by atoms with E-state index in [2.05, 4.69) is 54.7 Å². The van der Waals surface area contributed by atoms with E-state index < -0.39 is 0 Å². The first-order valence-corrected chi connectivity index (χ1v) is 6.31. The van der Waals surface area contributed by atoms with Crippen LogP contribution in [-0.4, -0.2) is 6.54 Å². The van der Waals surface area contributed by atoms with Gasteiger partial charge in [-0.15, -0.1) is 0 Å². The second-order valence-electron chi connectivity index (χ2n) is 4.64. The standard InChI is InChI=1S/C15H21N/c1-13(15-9-3-2-4-10-15)16-12-11-14-7-5-6-8-14/h2-5,7,9-10,13-14,16H,6,8,11-12H2,1H3/t13-,14?/m1/s1. The maximum Gasteiger partial charge on any atom is 0.0291 e. The lowest BCUT2D eigenvalue weighted by atomic mass is 10.0. The number of allylic oxidation sites excluding steroid dienone is 2. The summed E-state index contributed by atoms with van der Waals surface area (Å²) in [7, 11) is 0. The Balaban J connectivity index is 1.71. The number of nitrogens with one attached hydrogen (secondary N) is 1. The van der Waals surface area contributed by atoms with Gasteiger partial charge in [0.1, 0.15) is 0 Å². The molecule has 1 aliphatic rings. The average molecular weight is 215 g/mol. The Morgan fingerprint density at radius 2 is 2.12 bits per heavy atom.